The average molecular weight is 349 g/mol. The Morgan fingerprint density at radius 3 is 2.38 bits per heavy atom. The van der Waals surface area contributed by atoms with Crippen LogP contribution < -0.4 is 14.8 Å². The second-order valence-electron chi connectivity index (χ2n) is 6.58. The quantitative estimate of drug-likeness (QED) is 0.660. The molecule has 0 aliphatic heterocycles. The highest BCUT2D eigenvalue weighted by atomic mass is 16.5. The molecule has 0 heterocycles. The number of benzene rings is 3. The lowest BCUT2D eigenvalue weighted by molar-refractivity contribution is -0.118. The van der Waals surface area contributed by atoms with Crippen LogP contribution in [0.1, 0.15) is 13.8 Å². The molecule has 0 unspecified atom stereocenters. The van der Waals surface area contributed by atoms with Crippen LogP contribution in [0.3, 0.4) is 0 Å². The van der Waals surface area contributed by atoms with Gasteiger partial charge in [0.15, 0.2) is 6.61 Å². The molecule has 1 N–H and O–H groups in total. The van der Waals surface area contributed by atoms with Gasteiger partial charge in [0.05, 0.1) is 6.61 Å². The molecule has 4 heteroatoms. The van der Waals surface area contributed by atoms with Crippen molar-refractivity contribution in [1.29, 1.82) is 0 Å². The molecule has 0 bridgehead atoms. The summed E-state index contributed by atoms with van der Waals surface area (Å²) < 4.78 is 11.3. The maximum Gasteiger partial charge on any atom is 0.262 e. The molecule has 0 fully saturated rings. The molecule has 1 amide bonds. The Kier molecular flexibility index (Phi) is 5.74. The topological polar surface area (TPSA) is 47.6 Å². The number of hydrogen-bond donors (Lipinski definition) is 1. The van der Waals surface area contributed by atoms with Crippen LogP contribution in [0.5, 0.6) is 11.5 Å². The first-order chi connectivity index (χ1) is 12.6. The molecule has 134 valence electrons. The predicted octanol–water partition coefficient (Wildman–Crippen LogP) is 4.89. The van der Waals surface area contributed by atoms with Gasteiger partial charge in [-0.3, -0.25) is 4.79 Å². The maximum atomic E-state index is 12.2. The largest absolute Gasteiger partial charge is 0.493 e. The highest BCUT2D eigenvalue weighted by Gasteiger charge is 2.06. The molecule has 0 spiro atoms. The first kappa shape index (κ1) is 17.8. The smallest absolute Gasteiger partial charge is 0.262 e. The van der Waals surface area contributed by atoms with E-state index in [0.717, 1.165) is 22.2 Å². The monoisotopic (exact) mass is 349 g/mol. The number of amides is 1. The number of hydrogen-bond acceptors (Lipinski definition) is 3. The predicted molar refractivity (Wildman–Crippen MR) is 105 cm³/mol. The van der Waals surface area contributed by atoms with Crippen LogP contribution in [-0.4, -0.2) is 19.1 Å². The fraction of sp³-hybridized carbons (Fsp3) is 0.227. The molecule has 3 aromatic rings. The lowest BCUT2D eigenvalue weighted by atomic mass is 10.1. The van der Waals surface area contributed by atoms with Crippen molar-refractivity contribution in [3.05, 3.63) is 66.7 Å². The normalized spacial score (nSPS) is 10.7. The lowest BCUT2D eigenvalue weighted by Gasteiger charge is -2.11. The number of nitrogens with one attached hydrogen (secondary N) is 1. The standard InChI is InChI=1S/C22H23NO3/c1-16(2)14-25-20-8-5-9-21(13-20)26-15-22(24)23-19-11-10-17-6-3-4-7-18(17)12-19/h3-13,16H,14-15H2,1-2H3,(H,23,24). The average Bonchev–Trinajstić information content (AvgIpc) is 2.65. The van der Waals surface area contributed by atoms with Gasteiger partial charge in [-0.1, -0.05) is 50.2 Å². The van der Waals surface area contributed by atoms with Crippen LogP contribution in [0.4, 0.5) is 5.69 Å². The SMILES string of the molecule is CC(C)COc1cccc(OCC(=O)Nc2ccc3ccccc3c2)c1. The highest BCUT2D eigenvalue weighted by Crippen LogP contribution is 2.21. The van der Waals surface area contributed by atoms with E-state index in [0.29, 0.717) is 18.3 Å². The molecular formula is C22H23NO3. The summed E-state index contributed by atoms with van der Waals surface area (Å²) >= 11 is 0. The van der Waals surface area contributed by atoms with Crippen molar-refractivity contribution >= 4 is 22.4 Å². The van der Waals surface area contributed by atoms with Gasteiger partial charge in [-0.05, 0) is 41.0 Å². The molecule has 0 aromatic heterocycles. The van der Waals surface area contributed by atoms with Crippen molar-refractivity contribution in [2.75, 3.05) is 18.5 Å². The number of ether oxygens (including phenoxy) is 2. The van der Waals surface area contributed by atoms with E-state index in [2.05, 4.69) is 19.2 Å². The van der Waals surface area contributed by atoms with Crippen molar-refractivity contribution < 1.29 is 14.3 Å². The Morgan fingerprint density at radius 2 is 1.62 bits per heavy atom. The lowest BCUT2D eigenvalue weighted by Crippen LogP contribution is -2.20. The molecule has 3 rings (SSSR count). The van der Waals surface area contributed by atoms with E-state index < -0.39 is 0 Å². The van der Waals surface area contributed by atoms with Crippen LogP contribution in [0.2, 0.25) is 0 Å². The Labute approximate surface area is 153 Å². The first-order valence-corrected chi connectivity index (χ1v) is 8.74. The number of carbonyl (C=O) groups is 1. The van der Waals surface area contributed by atoms with Gasteiger partial charge in [0.1, 0.15) is 11.5 Å². The minimum Gasteiger partial charge on any atom is -0.493 e. The minimum absolute atomic E-state index is 0.0551. The van der Waals surface area contributed by atoms with Crippen molar-refractivity contribution in [2.45, 2.75) is 13.8 Å². The molecule has 0 saturated heterocycles. The molecule has 26 heavy (non-hydrogen) atoms. The molecule has 0 aliphatic carbocycles. The number of anilines is 1. The van der Waals surface area contributed by atoms with Gasteiger partial charge in [-0.2, -0.15) is 0 Å². The van der Waals surface area contributed by atoms with Gasteiger partial charge in [-0.25, -0.2) is 0 Å². The fourth-order valence-electron chi connectivity index (χ4n) is 2.53. The van der Waals surface area contributed by atoms with Crippen LogP contribution in [-0.2, 0) is 4.79 Å². The molecule has 0 saturated carbocycles. The molecule has 0 aliphatic rings. The Bertz CT molecular complexity index is 889. The van der Waals surface area contributed by atoms with E-state index in [1.807, 2.05) is 60.7 Å². The second-order valence-corrected chi connectivity index (χ2v) is 6.58. The third-order valence-corrected chi connectivity index (χ3v) is 3.79. The molecule has 0 atom stereocenters. The Hall–Kier alpha value is -3.01. The van der Waals surface area contributed by atoms with E-state index in [1.165, 1.54) is 0 Å². The van der Waals surface area contributed by atoms with Crippen molar-refractivity contribution in [3.63, 3.8) is 0 Å². The van der Waals surface area contributed by atoms with Gasteiger partial charge >= 0.3 is 0 Å². The summed E-state index contributed by atoms with van der Waals surface area (Å²) in [5.74, 6) is 1.60. The highest BCUT2D eigenvalue weighted by molar-refractivity contribution is 5.95. The minimum atomic E-state index is -0.200. The van der Waals surface area contributed by atoms with E-state index in [4.69, 9.17) is 9.47 Å². The summed E-state index contributed by atoms with van der Waals surface area (Å²) in [5, 5.41) is 5.09. The summed E-state index contributed by atoms with van der Waals surface area (Å²) in [7, 11) is 0. The molecule has 4 nitrogen and oxygen atoms in total. The summed E-state index contributed by atoms with van der Waals surface area (Å²) in [6, 6.07) is 21.2. The zero-order valence-corrected chi connectivity index (χ0v) is 15.1. The number of carbonyl (C=O) groups excluding carboxylic acids is 1. The van der Waals surface area contributed by atoms with Gasteiger partial charge in [0.25, 0.3) is 5.91 Å². The third-order valence-electron chi connectivity index (χ3n) is 3.79. The summed E-state index contributed by atoms with van der Waals surface area (Å²) in [5.41, 5.74) is 0.756. The van der Waals surface area contributed by atoms with Crippen LogP contribution >= 0.6 is 0 Å². The molecule has 0 radical (unpaired) electrons. The van der Waals surface area contributed by atoms with Gasteiger partial charge in [0, 0.05) is 11.8 Å². The summed E-state index contributed by atoms with van der Waals surface area (Å²) in [4.78, 5) is 12.2. The van der Waals surface area contributed by atoms with E-state index in [-0.39, 0.29) is 12.5 Å². The van der Waals surface area contributed by atoms with E-state index in [1.54, 1.807) is 6.07 Å². The summed E-state index contributed by atoms with van der Waals surface area (Å²) in [6.07, 6.45) is 0. The first-order valence-electron chi connectivity index (χ1n) is 8.74. The second kappa shape index (κ2) is 8.39. The van der Waals surface area contributed by atoms with Gasteiger partial charge < -0.3 is 14.8 Å². The van der Waals surface area contributed by atoms with Crippen molar-refractivity contribution in [2.24, 2.45) is 5.92 Å². The zero-order valence-electron chi connectivity index (χ0n) is 15.1. The van der Waals surface area contributed by atoms with Gasteiger partial charge in [-0.15, -0.1) is 0 Å². The van der Waals surface area contributed by atoms with Crippen LogP contribution in [0.15, 0.2) is 66.7 Å². The summed E-state index contributed by atoms with van der Waals surface area (Å²) in [6.45, 7) is 4.78. The Balaban J connectivity index is 1.55. The maximum absolute atomic E-state index is 12.2. The Morgan fingerprint density at radius 1 is 0.885 bits per heavy atom. The van der Waals surface area contributed by atoms with Crippen molar-refractivity contribution in [3.8, 4) is 11.5 Å². The van der Waals surface area contributed by atoms with Gasteiger partial charge in [0.2, 0.25) is 0 Å². The van der Waals surface area contributed by atoms with E-state index in [9.17, 15) is 4.79 Å². The third kappa shape index (κ3) is 4.99. The molecule has 3 aromatic carbocycles. The van der Waals surface area contributed by atoms with Crippen LogP contribution in [0.25, 0.3) is 10.8 Å². The number of fused-ring (bicyclic) bond motifs is 1. The zero-order chi connectivity index (χ0) is 18.4. The van der Waals surface area contributed by atoms with E-state index >= 15 is 0 Å². The molecular weight excluding hydrogens is 326 g/mol. The van der Waals surface area contributed by atoms with Crippen molar-refractivity contribution in [1.82, 2.24) is 0 Å². The fourth-order valence-corrected chi connectivity index (χ4v) is 2.53. The van der Waals surface area contributed by atoms with Crippen LogP contribution in [0, 0.1) is 5.92 Å². The number of rotatable bonds is 7.